The van der Waals surface area contributed by atoms with Crippen LogP contribution in [-0.4, -0.2) is 35.4 Å². The van der Waals surface area contributed by atoms with Crippen molar-refractivity contribution in [2.45, 2.75) is 44.9 Å². The maximum Gasteiger partial charge on any atom is 0.433 e. The Labute approximate surface area is 211 Å². The molecule has 3 aromatic heterocycles. The van der Waals surface area contributed by atoms with Crippen LogP contribution in [0.1, 0.15) is 42.1 Å². The normalized spacial score (nSPS) is 16.4. The molecule has 0 aliphatic carbocycles. The molecule has 11 nitrogen and oxygen atoms in total. The molecule has 2 atom stereocenters. The predicted molar refractivity (Wildman–Crippen MR) is 128 cm³/mol. The number of pyridine rings is 1. The van der Waals surface area contributed by atoms with Gasteiger partial charge in [0.15, 0.2) is 11.2 Å². The molecule has 2 N–H and O–H groups in total. The van der Waals surface area contributed by atoms with Gasteiger partial charge in [-0.15, -0.1) is 11.8 Å². The highest BCUT2D eigenvalue weighted by atomic mass is 32.2. The Balaban J connectivity index is 1.53. The Kier molecular flexibility index (Phi) is 6.75. The van der Waals surface area contributed by atoms with Crippen molar-refractivity contribution in [3.8, 4) is 0 Å². The maximum atomic E-state index is 13.0. The van der Waals surface area contributed by atoms with E-state index in [0.717, 1.165) is 15.3 Å². The van der Waals surface area contributed by atoms with E-state index < -0.39 is 47.0 Å². The Bertz CT molecular complexity index is 1570. The van der Waals surface area contributed by atoms with Crippen LogP contribution >= 0.6 is 11.8 Å². The van der Waals surface area contributed by atoms with Crippen LogP contribution in [-0.2, 0) is 29.4 Å². The lowest BCUT2D eigenvalue weighted by molar-refractivity contribution is -0.141. The molecule has 1 aliphatic rings. The molecule has 1 amide bonds. The molecular formula is C22H22F3N7O4S. The van der Waals surface area contributed by atoms with E-state index in [9.17, 15) is 32.3 Å². The quantitative estimate of drug-likeness (QED) is 0.486. The second-order valence-corrected chi connectivity index (χ2v) is 9.53. The second-order valence-electron chi connectivity index (χ2n) is 8.55. The number of nitrogens with one attached hydrogen (secondary N) is 2. The van der Waals surface area contributed by atoms with Gasteiger partial charge >= 0.3 is 11.9 Å². The zero-order valence-corrected chi connectivity index (χ0v) is 20.9. The second kappa shape index (κ2) is 9.53. The number of alkyl halides is 3. The number of halogens is 3. The number of aryl methyl sites for hydroxylation is 2. The van der Waals surface area contributed by atoms with Crippen molar-refractivity contribution in [1.82, 2.24) is 34.3 Å². The van der Waals surface area contributed by atoms with Gasteiger partial charge in [-0.25, -0.2) is 9.78 Å². The number of fused-ring (bicyclic) bond motifs is 1. The predicted octanol–water partition coefficient (Wildman–Crippen LogP) is 1.72. The van der Waals surface area contributed by atoms with Crippen molar-refractivity contribution in [2.24, 2.45) is 7.05 Å². The van der Waals surface area contributed by atoms with Gasteiger partial charge in [-0.2, -0.15) is 13.2 Å². The highest BCUT2D eigenvalue weighted by molar-refractivity contribution is 8.02. The van der Waals surface area contributed by atoms with Crippen LogP contribution in [0.15, 0.2) is 39.4 Å². The number of thioether (sulfide) groups is 1. The molecule has 4 rings (SSSR count). The van der Waals surface area contributed by atoms with Gasteiger partial charge in [0.25, 0.3) is 5.56 Å². The van der Waals surface area contributed by atoms with E-state index in [2.05, 4.69) is 20.6 Å². The van der Waals surface area contributed by atoms with Gasteiger partial charge in [-0.05, 0) is 32.4 Å². The number of aromatic nitrogens is 5. The van der Waals surface area contributed by atoms with E-state index in [1.54, 1.807) is 5.41 Å². The van der Waals surface area contributed by atoms with Crippen molar-refractivity contribution in [2.75, 3.05) is 0 Å². The fraction of sp³-hybridized carbons (Fsp3) is 0.364. The molecule has 0 radical (unpaired) electrons. The zero-order valence-electron chi connectivity index (χ0n) is 20.1. The molecule has 196 valence electrons. The Morgan fingerprint density at radius 2 is 1.97 bits per heavy atom. The first-order valence-electron chi connectivity index (χ1n) is 10.9. The van der Waals surface area contributed by atoms with Crippen molar-refractivity contribution in [3.63, 3.8) is 0 Å². The standard InChI is InChI=1S/C22H22F3N7O4S/c1-10-5-13(6-26-16(10)22(23,24)25)19-29-14(8-37-19)28-18(34)12(3)32-9-27-17-15(32)20(35)31(7-11(2)33)21(36)30(17)4/h5-6,8-9,12,19,29H,7H2,1-4H3,(H,28,34)/t12-,19?/m0/s1. The van der Waals surface area contributed by atoms with Gasteiger partial charge < -0.3 is 15.2 Å². The molecule has 0 saturated heterocycles. The summed E-state index contributed by atoms with van der Waals surface area (Å²) >= 11 is 1.24. The van der Waals surface area contributed by atoms with Crippen molar-refractivity contribution in [1.29, 1.82) is 0 Å². The van der Waals surface area contributed by atoms with E-state index >= 15 is 0 Å². The van der Waals surface area contributed by atoms with Crippen molar-refractivity contribution in [3.05, 3.63) is 67.5 Å². The number of nitrogens with zero attached hydrogens (tertiary/aromatic N) is 5. The number of Topliss-reactive ketones (excluding diaryl/α,β-unsaturated/α-hetero) is 1. The highest BCUT2D eigenvalue weighted by Gasteiger charge is 2.35. The summed E-state index contributed by atoms with van der Waals surface area (Å²) in [5.74, 6) is -0.595. The Morgan fingerprint density at radius 1 is 1.27 bits per heavy atom. The number of rotatable bonds is 6. The average molecular weight is 538 g/mol. The Hall–Kier alpha value is -3.88. The highest BCUT2D eigenvalue weighted by Crippen LogP contribution is 2.36. The van der Waals surface area contributed by atoms with E-state index in [1.165, 1.54) is 56.5 Å². The van der Waals surface area contributed by atoms with Crippen LogP contribution in [0.2, 0.25) is 0 Å². The third-order valence-electron chi connectivity index (χ3n) is 5.77. The maximum absolute atomic E-state index is 13.0. The molecule has 1 aliphatic heterocycles. The number of hydrogen-bond donors (Lipinski definition) is 2. The Morgan fingerprint density at radius 3 is 2.59 bits per heavy atom. The molecule has 3 aromatic rings. The van der Waals surface area contributed by atoms with Gasteiger partial charge in [-0.1, -0.05) is 0 Å². The smallest absolute Gasteiger partial charge is 0.355 e. The number of amides is 1. The fourth-order valence-electron chi connectivity index (χ4n) is 3.92. The lowest BCUT2D eigenvalue weighted by Gasteiger charge is -2.18. The number of carbonyl (C=O) groups excluding carboxylic acids is 2. The summed E-state index contributed by atoms with van der Waals surface area (Å²) in [5, 5.41) is 6.84. The summed E-state index contributed by atoms with van der Waals surface area (Å²) in [6.07, 6.45) is -2.15. The molecule has 0 aromatic carbocycles. The van der Waals surface area contributed by atoms with Crippen molar-refractivity contribution < 1.29 is 22.8 Å². The van der Waals surface area contributed by atoms with Gasteiger partial charge in [0.1, 0.15) is 28.7 Å². The lowest BCUT2D eigenvalue weighted by Crippen LogP contribution is -2.41. The third kappa shape index (κ3) is 4.90. The first kappa shape index (κ1) is 26.2. The molecule has 0 spiro atoms. The lowest BCUT2D eigenvalue weighted by atomic mass is 10.1. The molecule has 37 heavy (non-hydrogen) atoms. The first-order valence-corrected chi connectivity index (χ1v) is 11.9. The van der Waals surface area contributed by atoms with E-state index in [-0.39, 0.29) is 22.5 Å². The monoisotopic (exact) mass is 537 g/mol. The minimum absolute atomic E-state index is 0.0158. The van der Waals surface area contributed by atoms with E-state index in [1.807, 2.05) is 0 Å². The van der Waals surface area contributed by atoms with Gasteiger partial charge in [0.2, 0.25) is 5.91 Å². The van der Waals surface area contributed by atoms with Crippen LogP contribution in [0.25, 0.3) is 11.2 Å². The van der Waals surface area contributed by atoms with Crippen LogP contribution in [0.5, 0.6) is 0 Å². The first-order chi connectivity index (χ1) is 17.3. The molecule has 1 unspecified atom stereocenters. The van der Waals surface area contributed by atoms with E-state index in [0.29, 0.717) is 11.4 Å². The van der Waals surface area contributed by atoms with Crippen LogP contribution in [0.4, 0.5) is 13.2 Å². The molecule has 15 heteroatoms. The largest absolute Gasteiger partial charge is 0.433 e. The summed E-state index contributed by atoms with van der Waals surface area (Å²) in [6.45, 7) is 3.69. The van der Waals surface area contributed by atoms with Gasteiger partial charge in [0.05, 0.1) is 12.9 Å². The minimum atomic E-state index is -4.55. The SMILES string of the molecule is CC(=O)Cn1c(=O)c2c(ncn2[C@@H](C)C(=O)NC2=CSC(c3cnc(C(F)(F)F)c(C)c3)N2)n(C)c1=O. The number of carbonyl (C=O) groups is 2. The van der Waals surface area contributed by atoms with Crippen LogP contribution < -0.4 is 21.9 Å². The summed E-state index contributed by atoms with van der Waals surface area (Å²) in [5.41, 5.74) is -1.88. The molecule has 0 saturated carbocycles. The minimum Gasteiger partial charge on any atom is -0.355 e. The molecule has 0 bridgehead atoms. The number of ketones is 1. The number of hydrogen-bond acceptors (Lipinski definition) is 8. The van der Waals surface area contributed by atoms with Gasteiger partial charge in [0, 0.05) is 24.2 Å². The molecule has 0 fully saturated rings. The molecular weight excluding hydrogens is 515 g/mol. The third-order valence-corrected chi connectivity index (χ3v) is 6.81. The zero-order chi connectivity index (χ0) is 27.2. The van der Waals surface area contributed by atoms with Gasteiger partial charge in [-0.3, -0.25) is 28.5 Å². The number of imidazole rings is 1. The fourth-order valence-corrected chi connectivity index (χ4v) is 4.80. The topological polar surface area (TPSA) is 133 Å². The average Bonchev–Trinajstić information content (AvgIpc) is 3.46. The van der Waals surface area contributed by atoms with Crippen molar-refractivity contribution >= 4 is 34.6 Å². The summed E-state index contributed by atoms with van der Waals surface area (Å²) in [6, 6.07) is 0.443. The van der Waals surface area contributed by atoms with Crippen LogP contribution in [0, 0.1) is 6.92 Å². The van der Waals surface area contributed by atoms with E-state index in [4.69, 9.17) is 0 Å². The molecule has 4 heterocycles. The summed E-state index contributed by atoms with van der Waals surface area (Å²) in [7, 11) is 1.41. The summed E-state index contributed by atoms with van der Waals surface area (Å²) in [4.78, 5) is 57.7. The summed E-state index contributed by atoms with van der Waals surface area (Å²) < 4.78 is 42.2. The van der Waals surface area contributed by atoms with Crippen LogP contribution in [0.3, 0.4) is 0 Å².